The van der Waals surface area contributed by atoms with Crippen LogP contribution >= 0.6 is 12.2 Å². The molecule has 2 fully saturated rings. The van der Waals surface area contributed by atoms with Gasteiger partial charge in [0.05, 0.1) is 4.99 Å². The number of carbonyl (C=O) groups is 2. The van der Waals surface area contributed by atoms with Crippen molar-refractivity contribution < 1.29 is 9.59 Å². The van der Waals surface area contributed by atoms with Crippen molar-refractivity contribution in [3.05, 3.63) is 0 Å². The van der Waals surface area contributed by atoms with Gasteiger partial charge in [0.15, 0.2) is 0 Å². The van der Waals surface area contributed by atoms with E-state index >= 15 is 0 Å². The minimum absolute atomic E-state index is 0.00953. The fourth-order valence-corrected chi connectivity index (χ4v) is 3.08. The summed E-state index contributed by atoms with van der Waals surface area (Å²) in [5, 5.41) is 0. The maximum absolute atomic E-state index is 12.0. The zero-order valence-electron chi connectivity index (χ0n) is 11.1. The van der Waals surface area contributed by atoms with Gasteiger partial charge in [-0.25, -0.2) is 0 Å². The Morgan fingerprint density at radius 1 is 1.16 bits per heavy atom. The molecule has 0 atom stereocenters. The number of piperidine rings is 1. The second-order valence-electron chi connectivity index (χ2n) is 5.34. The Bertz CT molecular complexity index is 360. The first-order chi connectivity index (χ1) is 9.08. The van der Waals surface area contributed by atoms with Crippen LogP contribution in [0.5, 0.6) is 0 Å². The van der Waals surface area contributed by atoms with Gasteiger partial charge in [0.2, 0.25) is 11.8 Å². The number of nitrogens with zero attached hydrogens (tertiary/aromatic N) is 2. The topological polar surface area (TPSA) is 66.6 Å². The van der Waals surface area contributed by atoms with E-state index in [1.54, 1.807) is 0 Å². The molecule has 2 N–H and O–H groups in total. The molecule has 2 heterocycles. The molecule has 0 saturated carbocycles. The molecule has 0 aliphatic carbocycles. The molecule has 0 unspecified atom stereocenters. The van der Waals surface area contributed by atoms with Crippen LogP contribution in [0, 0.1) is 0 Å². The van der Waals surface area contributed by atoms with Gasteiger partial charge in [0, 0.05) is 38.5 Å². The van der Waals surface area contributed by atoms with Gasteiger partial charge < -0.3 is 5.73 Å². The van der Waals surface area contributed by atoms with E-state index < -0.39 is 0 Å². The van der Waals surface area contributed by atoms with Crippen molar-refractivity contribution in [2.24, 2.45) is 5.73 Å². The summed E-state index contributed by atoms with van der Waals surface area (Å²) in [6.07, 6.45) is 4.36. The van der Waals surface area contributed by atoms with Crippen LogP contribution < -0.4 is 5.73 Å². The molecule has 0 bridgehead atoms. The lowest BCUT2D eigenvalue weighted by Gasteiger charge is -2.36. The standard InChI is InChI=1S/C13H21N3O2S/c14-11(19)9-15-7-5-10(6-8-15)16-12(17)3-1-2-4-13(16)18/h10H,1-9H2,(H2,14,19). The molecule has 2 aliphatic heterocycles. The van der Waals surface area contributed by atoms with Gasteiger partial charge in [-0.3, -0.25) is 19.4 Å². The second-order valence-corrected chi connectivity index (χ2v) is 5.86. The molecule has 5 nitrogen and oxygen atoms in total. The molecule has 2 aliphatic rings. The third-order valence-electron chi connectivity index (χ3n) is 3.87. The van der Waals surface area contributed by atoms with E-state index in [-0.39, 0.29) is 17.9 Å². The van der Waals surface area contributed by atoms with Crippen molar-refractivity contribution in [2.45, 2.75) is 44.6 Å². The molecule has 0 aromatic rings. The number of hydrogen-bond acceptors (Lipinski definition) is 4. The lowest BCUT2D eigenvalue weighted by atomic mass is 10.0. The Morgan fingerprint density at radius 2 is 1.68 bits per heavy atom. The number of amides is 2. The van der Waals surface area contributed by atoms with Crippen LogP contribution in [0.1, 0.15) is 38.5 Å². The normalized spacial score (nSPS) is 23.5. The first-order valence-electron chi connectivity index (χ1n) is 6.93. The number of nitrogens with two attached hydrogens (primary N) is 1. The zero-order chi connectivity index (χ0) is 13.8. The maximum Gasteiger partial charge on any atom is 0.229 e. The highest BCUT2D eigenvalue weighted by atomic mass is 32.1. The fourth-order valence-electron chi connectivity index (χ4n) is 2.90. The highest BCUT2D eigenvalue weighted by Crippen LogP contribution is 2.22. The predicted octanol–water partition coefficient (Wildman–Crippen LogP) is 0.666. The van der Waals surface area contributed by atoms with Crippen LogP contribution in [0.25, 0.3) is 0 Å². The first kappa shape index (κ1) is 14.4. The van der Waals surface area contributed by atoms with E-state index in [2.05, 4.69) is 4.90 Å². The highest BCUT2D eigenvalue weighted by molar-refractivity contribution is 7.80. The largest absolute Gasteiger partial charge is 0.392 e. The van der Waals surface area contributed by atoms with E-state index in [1.807, 2.05) is 0 Å². The summed E-state index contributed by atoms with van der Waals surface area (Å²) in [5.41, 5.74) is 5.54. The molecule has 0 spiro atoms. The quantitative estimate of drug-likeness (QED) is 0.609. The number of thiocarbonyl (C=S) groups is 1. The van der Waals surface area contributed by atoms with Crippen molar-refractivity contribution in [3.63, 3.8) is 0 Å². The zero-order valence-corrected chi connectivity index (χ0v) is 12.0. The highest BCUT2D eigenvalue weighted by Gasteiger charge is 2.33. The van der Waals surface area contributed by atoms with Crippen molar-refractivity contribution in [3.8, 4) is 0 Å². The lowest BCUT2D eigenvalue weighted by molar-refractivity contribution is -0.147. The minimum atomic E-state index is 0.00953. The number of imide groups is 1. The smallest absolute Gasteiger partial charge is 0.229 e. The average Bonchev–Trinajstić information content (AvgIpc) is 2.52. The molecule has 2 amide bonds. The summed E-state index contributed by atoms with van der Waals surface area (Å²) in [4.78, 5) is 28.3. The molecule has 2 saturated heterocycles. The van der Waals surface area contributed by atoms with Gasteiger partial charge in [-0.1, -0.05) is 12.2 Å². The van der Waals surface area contributed by atoms with Gasteiger partial charge in [-0.15, -0.1) is 0 Å². The molecular formula is C13H21N3O2S. The van der Waals surface area contributed by atoms with Crippen LogP contribution in [-0.2, 0) is 9.59 Å². The summed E-state index contributed by atoms with van der Waals surface area (Å²) in [6, 6.07) is 0.0701. The van der Waals surface area contributed by atoms with E-state index in [0.717, 1.165) is 38.8 Å². The molecule has 2 rings (SSSR count). The van der Waals surface area contributed by atoms with Crippen LogP contribution in [0.3, 0.4) is 0 Å². The minimum Gasteiger partial charge on any atom is -0.392 e. The molecule has 19 heavy (non-hydrogen) atoms. The monoisotopic (exact) mass is 283 g/mol. The van der Waals surface area contributed by atoms with Crippen molar-refractivity contribution in [1.29, 1.82) is 0 Å². The predicted molar refractivity (Wildman–Crippen MR) is 76.6 cm³/mol. The first-order valence-corrected chi connectivity index (χ1v) is 7.34. The van der Waals surface area contributed by atoms with Crippen molar-refractivity contribution in [1.82, 2.24) is 9.80 Å². The second kappa shape index (κ2) is 6.43. The third kappa shape index (κ3) is 3.73. The number of rotatable bonds is 3. The van der Waals surface area contributed by atoms with Crippen LogP contribution in [0.15, 0.2) is 0 Å². The Hall–Kier alpha value is -1.01. The van der Waals surface area contributed by atoms with Crippen LogP contribution in [0.2, 0.25) is 0 Å². The van der Waals surface area contributed by atoms with Gasteiger partial charge in [0.1, 0.15) is 0 Å². The van der Waals surface area contributed by atoms with E-state index in [4.69, 9.17) is 18.0 Å². The number of likely N-dealkylation sites (tertiary alicyclic amines) is 2. The molecule has 0 radical (unpaired) electrons. The van der Waals surface area contributed by atoms with Gasteiger partial charge in [-0.2, -0.15) is 0 Å². The molecule has 106 valence electrons. The molecule has 0 aromatic carbocycles. The Labute approximate surface area is 119 Å². The fraction of sp³-hybridized carbons (Fsp3) is 0.769. The van der Waals surface area contributed by atoms with Crippen molar-refractivity contribution >= 4 is 29.0 Å². The Kier molecular flexibility index (Phi) is 4.87. The summed E-state index contributed by atoms with van der Waals surface area (Å²) in [5.74, 6) is 0.0191. The summed E-state index contributed by atoms with van der Waals surface area (Å²) >= 11 is 4.90. The summed E-state index contributed by atoms with van der Waals surface area (Å²) < 4.78 is 0. The molecular weight excluding hydrogens is 262 g/mol. The van der Waals surface area contributed by atoms with E-state index in [9.17, 15) is 9.59 Å². The lowest BCUT2D eigenvalue weighted by Crippen LogP contribution is -2.50. The van der Waals surface area contributed by atoms with Crippen LogP contribution in [-0.4, -0.2) is 52.3 Å². The SMILES string of the molecule is NC(=S)CN1CCC(N2C(=O)CCCCC2=O)CC1. The summed E-state index contributed by atoms with van der Waals surface area (Å²) in [6.45, 7) is 2.32. The van der Waals surface area contributed by atoms with Crippen LogP contribution in [0.4, 0.5) is 0 Å². The Morgan fingerprint density at radius 3 is 2.16 bits per heavy atom. The van der Waals surface area contributed by atoms with Crippen molar-refractivity contribution in [2.75, 3.05) is 19.6 Å². The van der Waals surface area contributed by atoms with Gasteiger partial charge in [0.25, 0.3) is 0 Å². The Balaban J connectivity index is 1.93. The third-order valence-corrected chi connectivity index (χ3v) is 4.00. The molecule has 0 aromatic heterocycles. The maximum atomic E-state index is 12.0. The number of carbonyl (C=O) groups excluding carboxylic acids is 2. The number of hydrogen-bond donors (Lipinski definition) is 1. The summed E-state index contributed by atoms with van der Waals surface area (Å²) in [7, 11) is 0. The van der Waals surface area contributed by atoms with E-state index in [0.29, 0.717) is 24.4 Å². The van der Waals surface area contributed by atoms with E-state index in [1.165, 1.54) is 4.90 Å². The average molecular weight is 283 g/mol. The molecule has 6 heteroatoms. The van der Waals surface area contributed by atoms with Gasteiger partial charge >= 0.3 is 0 Å². The van der Waals surface area contributed by atoms with Gasteiger partial charge in [-0.05, 0) is 25.7 Å².